The van der Waals surface area contributed by atoms with Gasteiger partial charge >= 0.3 is 5.97 Å². The Hall–Kier alpha value is -0.610. The molecule has 0 spiro atoms. The monoisotopic (exact) mass is 201 g/mol. The topological polar surface area (TPSA) is 61.6 Å². The summed E-state index contributed by atoms with van der Waals surface area (Å²) < 4.78 is 10.4. The summed E-state index contributed by atoms with van der Waals surface area (Å²) in [6.07, 6.45) is 3.21. The SMILES string of the molecule is CCCC(N)C(=O)OC1CCOCC1. The molecule has 1 aliphatic heterocycles. The smallest absolute Gasteiger partial charge is 0.323 e. The van der Waals surface area contributed by atoms with E-state index in [-0.39, 0.29) is 12.1 Å². The molecule has 0 aromatic rings. The fourth-order valence-corrected chi connectivity index (χ4v) is 1.47. The molecule has 0 aromatic heterocycles. The molecule has 1 heterocycles. The molecule has 1 fully saturated rings. The normalized spacial score (nSPS) is 20.4. The van der Waals surface area contributed by atoms with Crippen LogP contribution >= 0.6 is 0 Å². The van der Waals surface area contributed by atoms with E-state index in [4.69, 9.17) is 15.2 Å². The van der Waals surface area contributed by atoms with Crippen molar-refractivity contribution < 1.29 is 14.3 Å². The number of nitrogens with two attached hydrogens (primary N) is 1. The van der Waals surface area contributed by atoms with Crippen molar-refractivity contribution in [2.24, 2.45) is 5.73 Å². The van der Waals surface area contributed by atoms with Crippen LogP contribution in [0, 0.1) is 0 Å². The molecular formula is C10H19NO3. The van der Waals surface area contributed by atoms with E-state index in [0.29, 0.717) is 19.6 Å². The highest BCUT2D eigenvalue weighted by Crippen LogP contribution is 2.11. The summed E-state index contributed by atoms with van der Waals surface area (Å²) in [6.45, 7) is 3.36. The Bertz CT molecular complexity index is 178. The molecule has 0 radical (unpaired) electrons. The molecule has 0 aliphatic carbocycles. The lowest BCUT2D eigenvalue weighted by atomic mass is 10.1. The lowest BCUT2D eigenvalue weighted by Gasteiger charge is -2.23. The molecule has 82 valence electrons. The summed E-state index contributed by atoms with van der Waals surface area (Å²) in [5.41, 5.74) is 5.64. The summed E-state index contributed by atoms with van der Waals surface area (Å²) in [5, 5.41) is 0. The van der Waals surface area contributed by atoms with Gasteiger partial charge in [0.15, 0.2) is 0 Å². The summed E-state index contributed by atoms with van der Waals surface area (Å²) >= 11 is 0. The summed E-state index contributed by atoms with van der Waals surface area (Å²) in [5.74, 6) is -0.265. The number of ether oxygens (including phenoxy) is 2. The molecule has 2 N–H and O–H groups in total. The van der Waals surface area contributed by atoms with E-state index in [1.165, 1.54) is 0 Å². The highest BCUT2D eigenvalue weighted by molar-refractivity contribution is 5.75. The van der Waals surface area contributed by atoms with E-state index in [0.717, 1.165) is 19.3 Å². The Labute approximate surface area is 84.7 Å². The van der Waals surface area contributed by atoms with E-state index in [1.54, 1.807) is 0 Å². The highest BCUT2D eigenvalue weighted by atomic mass is 16.6. The van der Waals surface area contributed by atoms with Gasteiger partial charge in [0, 0.05) is 12.8 Å². The second kappa shape index (κ2) is 5.98. The van der Waals surface area contributed by atoms with Gasteiger partial charge in [-0.15, -0.1) is 0 Å². The molecule has 0 aromatic carbocycles. The Morgan fingerprint density at radius 1 is 1.57 bits per heavy atom. The van der Waals surface area contributed by atoms with Gasteiger partial charge in [0.05, 0.1) is 13.2 Å². The van der Waals surface area contributed by atoms with E-state index >= 15 is 0 Å². The average Bonchev–Trinajstić information content (AvgIpc) is 2.19. The first-order valence-electron chi connectivity index (χ1n) is 5.28. The predicted molar refractivity (Wildman–Crippen MR) is 52.8 cm³/mol. The summed E-state index contributed by atoms with van der Waals surface area (Å²) in [4.78, 5) is 11.4. The number of hydrogen-bond acceptors (Lipinski definition) is 4. The molecule has 1 atom stereocenters. The predicted octanol–water partition coefficient (Wildman–Crippen LogP) is 0.836. The van der Waals surface area contributed by atoms with Gasteiger partial charge in [0.1, 0.15) is 12.1 Å². The van der Waals surface area contributed by atoms with Gasteiger partial charge < -0.3 is 15.2 Å². The number of carbonyl (C=O) groups is 1. The van der Waals surface area contributed by atoms with Crippen LogP contribution in [-0.2, 0) is 14.3 Å². The zero-order valence-electron chi connectivity index (χ0n) is 8.70. The Morgan fingerprint density at radius 2 is 2.21 bits per heavy atom. The minimum Gasteiger partial charge on any atom is -0.461 e. The fourth-order valence-electron chi connectivity index (χ4n) is 1.47. The van der Waals surface area contributed by atoms with Crippen LogP contribution in [0.15, 0.2) is 0 Å². The molecule has 0 bridgehead atoms. The molecule has 0 saturated carbocycles. The van der Waals surface area contributed by atoms with Gasteiger partial charge in [-0.05, 0) is 6.42 Å². The van der Waals surface area contributed by atoms with Crippen LogP contribution in [0.2, 0.25) is 0 Å². The Morgan fingerprint density at radius 3 is 2.79 bits per heavy atom. The van der Waals surface area contributed by atoms with E-state index in [9.17, 15) is 4.79 Å². The molecule has 4 heteroatoms. The van der Waals surface area contributed by atoms with Crippen molar-refractivity contribution in [3.8, 4) is 0 Å². The van der Waals surface area contributed by atoms with Crippen molar-refractivity contribution in [2.45, 2.75) is 44.8 Å². The second-order valence-electron chi connectivity index (χ2n) is 3.64. The Kier molecular flexibility index (Phi) is 4.90. The van der Waals surface area contributed by atoms with Crippen molar-refractivity contribution in [1.29, 1.82) is 0 Å². The molecule has 1 rings (SSSR count). The van der Waals surface area contributed by atoms with Gasteiger partial charge in [0.25, 0.3) is 0 Å². The molecule has 1 unspecified atom stereocenters. The van der Waals surface area contributed by atoms with Crippen molar-refractivity contribution in [3.63, 3.8) is 0 Å². The van der Waals surface area contributed by atoms with Crippen LogP contribution in [0.4, 0.5) is 0 Å². The van der Waals surface area contributed by atoms with Crippen molar-refractivity contribution in [1.82, 2.24) is 0 Å². The van der Waals surface area contributed by atoms with E-state index in [1.807, 2.05) is 6.92 Å². The molecule has 4 nitrogen and oxygen atoms in total. The molecular weight excluding hydrogens is 182 g/mol. The number of carbonyl (C=O) groups excluding carboxylic acids is 1. The zero-order chi connectivity index (χ0) is 10.4. The molecule has 0 amide bonds. The lowest BCUT2D eigenvalue weighted by molar-refractivity contribution is -0.154. The Balaban J connectivity index is 2.24. The second-order valence-corrected chi connectivity index (χ2v) is 3.64. The third kappa shape index (κ3) is 3.64. The van der Waals surface area contributed by atoms with Crippen molar-refractivity contribution in [2.75, 3.05) is 13.2 Å². The van der Waals surface area contributed by atoms with Crippen LogP contribution in [-0.4, -0.2) is 31.3 Å². The number of esters is 1. The number of rotatable bonds is 4. The van der Waals surface area contributed by atoms with Crippen LogP contribution < -0.4 is 5.73 Å². The standard InChI is InChI=1S/C10H19NO3/c1-2-3-9(11)10(12)14-8-4-6-13-7-5-8/h8-9H,2-7,11H2,1H3. The maximum absolute atomic E-state index is 11.4. The summed E-state index contributed by atoms with van der Waals surface area (Å²) in [6, 6.07) is -0.456. The molecule has 1 aliphatic rings. The maximum atomic E-state index is 11.4. The molecule has 1 saturated heterocycles. The van der Waals surface area contributed by atoms with Crippen molar-refractivity contribution >= 4 is 5.97 Å². The van der Waals surface area contributed by atoms with E-state index < -0.39 is 6.04 Å². The van der Waals surface area contributed by atoms with Gasteiger partial charge in [-0.2, -0.15) is 0 Å². The first kappa shape index (κ1) is 11.5. The van der Waals surface area contributed by atoms with Gasteiger partial charge in [0.2, 0.25) is 0 Å². The van der Waals surface area contributed by atoms with Crippen LogP contribution in [0.25, 0.3) is 0 Å². The fraction of sp³-hybridized carbons (Fsp3) is 0.900. The number of hydrogen-bond donors (Lipinski definition) is 1. The van der Waals surface area contributed by atoms with Crippen LogP contribution in [0.1, 0.15) is 32.6 Å². The third-order valence-electron chi connectivity index (χ3n) is 2.35. The lowest BCUT2D eigenvalue weighted by Crippen LogP contribution is -2.36. The highest BCUT2D eigenvalue weighted by Gasteiger charge is 2.21. The molecule has 14 heavy (non-hydrogen) atoms. The third-order valence-corrected chi connectivity index (χ3v) is 2.35. The van der Waals surface area contributed by atoms with Gasteiger partial charge in [-0.25, -0.2) is 0 Å². The zero-order valence-corrected chi connectivity index (χ0v) is 8.70. The quantitative estimate of drug-likeness (QED) is 0.684. The van der Waals surface area contributed by atoms with E-state index in [2.05, 4.69) is 0 Å². The first-order valence-corrected chi connectivity index (χ1v) is 5.28. The first-order chi connectivity index (χ1) is 6.74. The minimum atomic E-state index is -0.456. The largest absolute Gasteiger partial charge is 0.461 e. The maximum Gasteiger partial charge on any atom is 0.323 e. The van der Waals surface area contributed by atoms with Crippen LogP contribution in [0.5, 0.6) is 0 Å². The average molecular weight is 201 g/mol. The van der Waals surface area contributed by atoms with Gasteiger partial charge in [-0.3, -0.25) is 4.79 Å². The van der Waals surface area contributed by atoms with Gasteiger partial charge in [-0.1, -0.05) is 13.3 Å². The summed E-state index contributed by atoms with van der Waals surface area (Å²) in [7, 11) is 0. The van der Waals surface area contributed by atoms with Crippen molar-refractivity contribution in [3.05, 3.63) is 0 Å². The van der Waals surface area contributed by atoms with Crippen LogP contribution in [0.3, 0.4) is 0 Å². The minimum absolute atomic E-state index is 0.0131.